The van der Waals surface area contributed by atoms with E-state index in [-0.39, 0.29) is 5.54 Å². The summed E-state index contributed by atoms with van der Waals surface area (Å²) >= 11 is 0. The molecule has 0 aliphatic carbocycles. The van der Waals surface area contributed by atoms with Gasteiger partial charge in [0.15, 0.2) is 0 Å². The van der Waals surface area contributed by atoms with Gasteiger partial charge in [-0.3, -0.25) is 0 Å². The predicted octanol–water partition coefficient (Wildman–Crippen LogP) is 1.27. The van der Waals surface area contributed by atoms with E-state index in [2.05, 4.69) is 19.2 Å². The van der Waals surface area contributed by atoms with Crippen molar-refractivity contribution < 1.29 is 4.74 Å². The van der Waals surface area contributed by atoms with E-state index in [0.29, 0.717) is 6.04 Å². The molecule has 2 atom stereocenters. The molecule has 0 amide bonds. The van der Waals surface area contributed by atoms with E-state index in [0.717, 1.165) is 32.6 Å². The zero-order valence-electron chi connectivity index (χ0n) is 9.51. The van der Waals surface area contributed by atoms with E-state index in [1.165, 1.54) is 12.8 Å². The molecule has 1 heterocycles. The van der Waals surface area contributed by atoms with Crippen molar-refractivity contribution in [1.29, 1.82) is 0 Å². The lowest BCUT2D eigenvalue weighted by molar-refractivity contribution is 0.171. The van der Waals surface area contributed by atoms with E-state index in [9.17, 15) is 0 Å². The Labute approximate surface area is 87.4 Å². The second-order valence-electron chi connectivity index (χ2n) is 4.76. The van der Waals surface area contributed by atoms with Crippen molar-refractivity contribution in [3.8, 4) is 0 Å². The van der Waals surface area contributed by atoms with Crippen molar-refractivity contribution in [2.45, 2.75) is 51.1 Å². The van der Waals surface area contributed by atoms with Crippen molar-refractivity contribution in [3.63, 3.8) is 0 Å². The quantitative estimate of drug-likeness (QED) is 0.635. The lowest BCUT2D eigenvalue weighted by atomic mass is 10.0. The summed E-state index contributed by atoms with van der Waals surface area (Å²) in [5.41, 5.74) is 5.91. The zero-order valence-corrected chi connectivity index (χ0v) is 9.51. The predicted molar refractivity (Wildman–Crippen MR) is 59.3 cm³/mol. The monoisotopic (exact) mass is 200 g/mol. The molecule has 1 aliphatic heterocycles. The van der Waals surface area contributed by atoms with Crippen LogP contribution < -0.4 is 11.1 Å². The number of nitrogens with two attached hydrogens (primary N) is 1. The van der Waals surface area contributed by atoms with Gasteiger partial charge < -0.3 is 15.8 Å². The van der Waals surface area contributed by atoms with Crippen LogP contribution in [0.25, 0.3) is 0 Å². The van der Waals surface area contributed by atoms with Gasteiger partial charge in [-0.25, -0.2) is 0 Å². The molecule has 1 rings (SSSR count). The van der Waals surface area contributed by atoms with Crippen LogP contribution in [0.5, 0.6) is 0 Å². The van der Waals surface area contributed by atoms with Gasteiger partial charge in [-0.1, -0.05) is 6.42 Å². The van der Waals surface area contributed by atoms with Crippen LogP contribution in [0.15, 0.2) is 0 Å². The van der Waals surface area contributed by atoms with Crippen LogP contribution >= 0.6 is 0 Å². The Bertz CT molecular complexity index is 153. The third kappa shape index (κ3) is 4.40. The maximum absolute atomic E-state index is 5.68. The van der Waals surface area contributed by atoms with Gasteiger partial charge in [-0.2, -0.15) is 0 Å². The number of unbranched alkanes of at least 4 members (excludes halogenated alkanes) is 1. The molecule has 1 aliphatic rings. The van der Waals surface area contributed by atoms with Crippen LogP contribution in [0.3, 0.4) is 0 Å². The summed E-state index contributed by atoms with van der Waals surface area (Å²) in [6, 6.07) is 0.348. The molecule has 3 heteroatoms. The molecule has 0 spiro atoms. The lowest BCUT2D eigenvalue weighted by Gasteiger charge is -2.23. The molecule has 2 unspecified atom stereocenters. The Kier molecular flexibility index (Phi) is 4.85. The van der Waals surface area contributed by atoms with Gasteiger partial charge >= 0.3 is 0 Å². The van der Waals surface area contributed by atoms with Gasteiger partial charge in [-0.15, -0.1) is 0 Å². The summed E-state index contributed by atoms with van der Waals surface area (Å²) in [7, 11) is 0. The van der Waals surface area contributed by atoms with Crippen LogP contribution in [0.1, 0.15) is 39.5 Å². The number of ether oxygens (including phenoxy) is 1. The van der Waals surface area contributed by atoms with Crippen LogP contribution in [-0.4, -0.2) is 31.3 Å². The maximum atomic E-state index is 5.68. The van der Waals surface area contributed by atoms with Gasteiger partial charge in [0, 0.05) is 18.2 Å². The first-order valence-corrected chi connectivity index (χ1v) is 5.71. The fourth-order valence-corrected chi connectivity index (χ4v) is 1.79. The third-order valence-electron chi connectivity index (χ3n) is 2.86. The van der Waals surface area contributed by atoms with Crippen molar-refractivity contribution >= 4 is 0 Å². The Morgan fingerprint density at radius 3 is 2.86 bits per heavy atom. The van der Waals surface area contributed by atoms with E-state index in [1.54, 1.807) is 0 Å². The van der Waals surface area contributed by atoms with Gasteiger partial charge in [0.25, 0.3) is 0 Å². The summed E-state index contributed by atoms with van der Waals surface area (Å²) in [5, 5.41) is 3.57. The van der Waals surface area contributed by atoms with Crippen LogP contribution in [0.2, 0.25) is 0 Å². The smallest absolute Gasteiger partial charge is 0.0646 e. The molecule has 14 heavy (non-hydrogen) atoms. The molecule has 0 aromatic heterocycles. The second kappa shape index (κ2) is 5.69. The number of nitrogens with one attached hydrogen (secondary N) is 1. The maximum Gasteiger partial charge on any atom is 0.0646 e. The lowest BCUT2D eigenvalue weighted by Crippen LogP contribution is -2.43. The molecule has 3 nitrogen and oxygen atoms in total. The minimum Gasteiger partial charge on any atom is -0.379 e. The summed E-state index contributed by atoms with van der Waals surface area (Å²) in [6.45, 7) is 7.17. The van der Waals surface area contributed by atoms with E-state index in [4.69, 9.17) is 10.5 Å². The average molecular weight is 200 g/mol. The molecule has 3 N–H and O–H groups in total. The number of hydrogen-bond acceptors (Lipinski definition) is 3. The fourth-order valence-electron chi connectivity index (χ4n) is 1.79. The van der Waals surface area contributed by atoms with Gasteiger partial charge in [0.05, 0.1) is 6.61 Å². The van der Waals surface area contributed by atoms with Crippen molar-refractivity contribution in [3.05, 3.63) is 0 Å². The summed E-state index contributed by atoms with van der Waals surface area (Å²) in [5.74, 6) is 0. The molecule has 0 saturated carbocycles. The third-order valence-corrected chi connectivity index (χ3v) is 2.86. The molecule has 1 saturated heterocycles. The normalized spacial score (nSPS) is 29.4. The molecular weight excluding hydrogens is 176 g/mol. The minimum absolute atomic E-state index is 0.230. The highest BCUT2D eigenvalue weighted by Gasteiger charge is 2.28. The Morgan fingerprint density at radius 2 is 2.29 bits per heavy atom. The van der Waals surface area contributed by atoms with Gasteiger partial charge in [-0.05, 0) is 39.7 Å². The topological polar surface area (TPSA) is 47.3 Å². The average Bonchev–Trinajstić information content (AvgIpc) is 2.51. The standard InChI is InChI=1S/C11H24N2O/c1-10(12)5-3-4-7-13-11(2)6-8-14-9-11/h10,13H,3-9,12H2,1-2H3. The largest absolute Gasteiger partial charge is 0.379 e. The number of rotatable bonds is 6. The van der Waals surface area contributed by atoms with Crippen LogP contribution in [0, 0.1) is 0 Å². The highest BCUT2D eigenvalue weighted by atomic mass is 16.5. The second-order valence-corrected chi connectivity index (χ2v) is 4.76. The minimum atomic E-state index is 0.230. The highest BCUT2D eigenvalue weighted by Crippen LogP contribution is 2.17. The molecular formula is C11H24N2O. The first-order chi connectivity index (χ1) is 6.62. The fraction of sp³-hybridized carbons (Fsp3) is 1.00. The Balaban J connectivity index is 1.98. The molecule has 0 radical (unpaired) electrons. The molecule has 84 valence electrons. The highest BCUT2D eigenvalue weighted by molar-refractivity contribution is 4.86. The van der Waals surface area contributed by atoms with E-state index < -0.39 is 0 Å². The molecule has 1 fully saturated rings. The SMILES string of the molecule is CC(N)CCCCNC1(C)CCOC1. The van der Waals surface area contributed by atoms with Gasteiger partial charge in [0.1, 0.15) is 0 Å². The van der Waals surface area contributed by atoms with Crippen LogP contribution in [0.4, 0.5) is 0 Å². The van der Waals surface area contributed by atoms with Crippen molar-refractivity contribution in [2.75, 3.05) is 19.8 Å². The summed E-state index contributed by atoms with van der Waals surface area (Å²) < 4.78 is 5.37. The first-order valence-electron chi connectivity index (χ1n) is 5.71. The van der Waals surface area contributed by atoms with Gasteiger partial charge in [0.2, 0.25) is 0 Å². The van der Waals surface area contributed by atoms with E-state index >= 15 is 0 Å². The Morgan fingerprint density at radius 1 is 1.50 bits per heavy atom. The van der Waals surface area contributed by atoms with Crippen LogP contribution in [-0.2, 0) is 4.74 Å². The molecule has 0 aromatic rings. The summed E-state index contributed by atoms with van der Waals surface area (Å²) in [4.78, 5) is 0. The number of hydrogen-bond donors (Lipinski definition) is 2. The Hall–Kier alpha value is -0.120. The molecule has 0 bridgehead atoms. The van der Waals surface area contributed by atoms with Crippen molar-refractivity contribution in [1.82, 2.24) is 5.32 Å². The summed E-state index contributed by atoms with van der Waals surface area (Å²) in [6.07, 6.45) is 4.72. The zero-order chi connectivity index (χ0) is 10.4. The first kappa shape index (κ1) is 12.0. The molecule has 0 aromatic carbocycles. The van der Waals surface area contributed by atoms with Crippen molar-refractivity contribution in [2.24, 2.45) is 5.73 Å². The van der Waals surface area contributed by atoms with E-state index in [1.807, 2.05) is 0 Å².